The van der Waals surface area contributed by atoms with E-state index in [4.69, 9.17) is 0 Å². The SMILES string of the molecule is CCN(C(C)Cc1ccc(F)cc1)C1CNC1. The average Bonchev–Trinajstić information content (AvgIpc) is 2.26. The predicted octanol–water partition coefficient (Wildman–Crippen LogP) is 2.05. The van der Waals surface area contributed by atoms with Gasteiger partial charge in [0, 0.05) is 25.2 Å². The fourth-order valence-electron chi connectivity index (χ4n) is 2.52. The molecular formula is C14H21FN2. The number of nitrogens with zero attached hydrogens (tertiary/aromatic N) is 1. The molecule has 3 heteroatoms. The third kappa shape index (κ3) is 3.05. The molecule has 1 atom stereocenters. The summed E-state index contributed by atoms with van der Waals surface area (Å²) < 4.78 is 12.8. The van der Waals surface area contributed by atoms with Crippen LogP contribution in [0.25, 0.3) is 0 Å². The third-order valence-corrected chi connectivity index (χ3v) is 3.60. The van der Waals surface area contributed by atoms with Gasteiger partial charge in [0.15, 0.2) is 0 Å². The standard InChI is InChI=1S/C14H21FN2/c1-3-17(14-9-16-10-14)11(2)8-12-4-6-13(15)7-5-12/h4-7,11,14,16H,3,8-10H2,1-2H3. The summed E-state index contributed by atoms with van der Waals surface area (Å²) in [5.41, 5.74) is 1.21. The number of halogens is 1. The molecule has 0 spiro atoms. The molecule has 0 amide bonds. The van der Waals surface area contributed by atoms with Crippen molar-refractivity contribution < 1.29 is 4.39 Å². The summed E-state index contributed by atoms with van der Waals surface area (Å²) in [5, 5.41) is 3.31. The maximum atomic E-state index is 12.8. The molecule has 1 saturated heterocycles. The lowest BCUT2D eigenvalue weighted by molar-refractivity contribution is 0.109. The first-order valence-electron chi connectivity index (χ1n) is 6.41. The highest BCUT2D eigenvalue weighted by molar-refractivity contribution is 5.17. The molecule has 94 valence electrons. The zero-order valence-electron chi connectivity index (χ0n) is 10.6. The molecule has 1 aromatic rings. The van der Waals surface area contributed by atoms with Gasteiger partial charge in [-0.2, -0.15) is 0 Å². The minimum Gasteiger partial charge on any atom is -0.314 e. The van der Waals surface area contributed by atoms with Gasteiger partial charge in [-0.25, -0.2) is 4.39 Å². The van der Waals surface area contributed by atoms with Crippen LogP contribution in [-0.4, -0.2) is 36.6 Å². The lowest BCUT2D eigenvalue weighted by Gasteiger charge is -2.41. The van der Waals surface area contributed by atoms with E-state index in [-0.39, 0.29) is 5.82 Å². The highest BCUT2D eigenvalue weighted by Crippen LogP contribution is 2.14. The molecule has 1 N–H and O–H groups in total. The predicted molar refractivity (Wildman–Crippen MR) is 68.6 cm³/mol. The van der Waals surface area contributed by atoms with Crippen LogP contribution in [-0.2, 0) is 6.42 Å². The Morgan fingerprint density at radius 1 is 1.35 bits per heavy atom. The smallest absolute Gasteiger partial charge is 0.123 e. The molecular weight excluding hydrogens is 215 g/mol. The highest BCUT2D eigenvalue weighted by Gasteiger charge is 2.26. The minimum atomic E-state index is -0.156. The van der Waals surface area contributed by atoms with E-state index in [1.807, 2.05) is 12.1 Å². The number of likely N-dealkylation sites (N-methyl/N-ethyl adjacent to an activating group) is 1. The highest BCUT2D eigenvalue weighted by atomic mass is 19.1. The van der Waals surface area contributed by atoms with E-state index in [0.717, 1.165) is 26.1 Å². The maximum absolute atomic E-state index is 12.8. The normalized spacial score (nSPS) is 18.1. The van der Waals surface area contributed by atoms with Crippen LogP contribution in [0.15, 0.2) is 24.3 Å². The second kappa shape index (κ2) is 5.61. The molecule has 1 fully saturated rings. The number of hydrogen-bond acceptors (Lipinski definition) is 2. The fraction of sp³-hybridized carbons (Fsp3) is 0.571. The molecule has 2 rings (SSSR count). The minimum absolute atomic E-state index is 0.156. The van der Waals surface area contributed by atoms with Crippen LogP contribution in [0.4, 0.5) is 4.39 Å². The van der Waals surface area contributed by atoms with Gasteiger partial charge < -0.3 is 5.32 Å². The summed E-state index contributed by atoms with van der Waals surface area (Å²) >= 11 is 0. The van der Waals surface area contributed by atoms with Crippen molar-refractivity contribution in [3.63, 3.8) is 0 Å². The van der Waals surface area contributed by atoms with Crippen molar-refractivity contribution in [3.8, 4) is 0 Å². The molecule has 1 unspecified atom stereocenters. The molecule has 1 heterocycles. The van der Waals surface area contributed by atoms with Gasteiger partial charge in [0.25, 0.3) is 0 Å². The first kappa shape index (κ1) is 12.5. The molecule has 0 radical (unpaired) electrons. The summed E-state index contributed by atoms with van der Waals surface area (Å²) in [7, 11) is 0. The van der Waals surface area contributed by atoms with Crippen LogP contribution < -0.4 is 5.32 Å². The van der Waals surface area contributed by atoms with Gasteiger partial charge in [-0.15, -0.1) is 0 Å². The van der Waals surface area contributed by atoms with Gasteiger partial charge >= 0.3 is 0 Å². The molecule has 17 heavy (non-hydrogen) atoms. The molecule has 0 bridgehead atoms. The summed E-state index contributed by atoms with van der Waals surface area (Å²) in [4.78, 5) is 2.53. The van der Waals surface area contributed by atoms with E-state index in [9.17, 15) is 4.39 Å². The lowest BCUT2D eigenvalue weighted by atomic mass is 10.0. The summed E-state index contributed by atoms with van der Waals surface area (Å²) in [5.74, 6) is -0.156. The molecule has 0 aromatic heterocycles. The van der Waals surface area contributed by atoms with E-state index in [1.54, 1.807) is 12.1 Å². The molecule has 1 aliphatic heterocycles. The van der Waals surface area contributed by atoms with Crippen molar-refractivity contribution in [2.75, 3.05) is 19.6 Å². The molecule has 1 aromatic carbocycles. The zero-order chi connectivity index (χ0) is 12.3. The average molecular weight is 236 g/mol. The van der Waals surface area contributed by atoms with Crippen molar-refractivity contribution >= 4 is 0 Å². The summed E-state index contributed by atoms with van der Waals surface area (Å²) in [6.45, 7) is 7.74. The van der Waals surface area contributed by atoms with E-state index in [1.165, 1.54) is 5.56 Å². The molecule has 2 nitrogen and oxygen atoms in total. The summed E-state index contributed by atoms with van der Waals surface area (Å²) in [6.07, 6.45) is 0.991. The topological polar surface area (TPSA) is 15.3 Å². The van der Waals surface area contributed by atoms with Crippen LogP contribution in [0.3, 0.4) is 0 Å². The first-order chi connectivity index (χ1) is 8.20. The first-order valence-corrected chi connectivity index (χ1v) is 6.41. The van der Waals surface area contributed by atoms with Gasteiger partial charge in [0.05, 0.1) is 0 Å². The number of rotatable bonds is 5. The Balaban J connectivity index is 1.94. The Kier molecular flexibility index (Phi) is 4.13. The van der Waals surface area contributed by atoms with Crippen LogP contribution in [0.1, 0.15) is 19.4 Å². The van der Waals surface area contributed by atoms with Crippen molar-refractivity contribution in [1.82, 2.24) is 10.2 Å². The van der Waals surface area contributed by atoms with Gasteiger partial charge in [-0.05, 0) is 37.6 Å². The number of benzene rings is 1. The van der Waals surface area contributed by atoms with E-state index >= 15 is 0 Å². The second-order valence-electron chi connectivity index (χ2n) is 4.82. The van der Waals surface area contributed by atoms with Gasteiger partial charge in [0.2, 0.25) is 0 Å². The van der Waals surface area contributed by atoms with Crippen LogP contribution in [0.5, 0.6) is 0 Å². The van der Waals surface area contributed by atoms with E-state index in [2.05, 4.69) is 24.1 Å². The van der Waals surface area contributed by atoms with E-state index in [0.29, 0.717) is 12.1 Å². The monoisotopic (exact) mass is 236 g/mol. The van der Waals surface area contributed by atoms with Gasteiger partial charge in [-0.3, -0.25) is 4.90 Å². The van der Waals surface area contributed by atoms with Gasteiger partial charge in [-0.1, -0.05) is 19.1 Å². The Morgan fingerprint density at radius 2 is 2.00 bits per heavy atom. The fourth-order valence-corrected chi connectivity index (χ4v) is 2.52. The van der Waals surface area contributed by atoms with Gasteiger partial charge in [0.1, 0.15) is 5.82 Å². The zero-order valence-corrected chi connectivity index (χ0v) is 10.6. The Bertz CT molecular complexity index is 346. The second-order valence-corrected chi connectivity index (χ2v) is 4.82. The number of nitrogens with one attached hydrogen (secondary N) is 1. The van der Waals surface area contributed by atoms with Crippen molar-refractivity contribution in [2.45, 2.75) is 32.4 Å². The Hall–Kier alpha value is -0.930. The van der Waals surface area contributed by atoms with Crippen LogP contribution >= 0.6 is 0 Å². The maximum Gasteiger partial charge on any atom is 0.123 e. The van der Waals surface area contributed by atoms with Crippen LogP contribution in [0, 0.1) is 5.82 Å². The third-order valence-electron chi connectivity index (χ3n) is 3.60. The van der Waals surface area contributed by atoms with Crippen molar-refractivity contribution in [1.29, 1.82) is 0 Å². The molecule has 1 aliphatic rings. The Morgan fingerprint density at radius 3 is 2.47 bits per heavy atom. The molecule has 0 saturated carbocycles. The van der Waals surface area contributed by atoms with E-state index < -0.39 is 0 Å². The Labute approximate surface area is 103 Å². The quantitative estimate of drug-likeness (QED) is 0.841. The number of hydrogen-bond donors (Lipinski definition) is 1. The summed E-state index contributed by atoms with van der Waals surface area (Å²) in [6, 6.07) is 8.05. The van der Waals surface area contributed by atoms with Crippen LogP contribution in [0.2, 0.25) is 0 Å². The molecule has 0 aliphatic carbocycles. The van der Waals surface area contributed by atoms with Crippen molar-refractivity contribution in [2.24, 2.45) is 0 Å². The van der Waals surface area contributed by atoms with Crippen molar-refractivity contribution in [3.05, 3.63) is 35.6 Å². The largest absolute Gasteiger partial charge is 0.314 e. The lowest BCUT2D eigenvalue weighted by Crippen LogP contribution is -2.59.